The highest BCUT2D eigenvalue weighted by atomic mass is 35.5. The van der Waals surface area contributed by atoms with Crippen LogP contribution in [0.2, 0.25) is 5.02 Å². The molecule has 3 rings (SSSR count). The van der Waals surface area contributed by atoms with Gasteiger partial charge in [0.15, 0.2) is 4.34 Å². The summed E-state index contributed by atoms with van der Waals surface area (Å²) < 4.78 is 27.9. The van der Waals surface area contributed by atoms with Gasteiger partial charge in [0.1, 0.15) is 6.04 Å². The van der Waals surface area contributed by atoms with Crippen molar-refractivity contribution in [1.82, 2.24) is 14.5 Å². The number of thioether (sulfide) groups is 1. The van der Waals surface area contributed by atoms with E-state index in [-0.39, 0.29) is 10.8 Å². The number of hydrogen-bond donors (Lipinski definition) is 1. The molecule has 1 aromatic heterocycles. The molecule has 1 amide bonds. The van der Waals surface area contributed by atoms with E-state index in [1.54, 1.807) is 11.8 Å². The van der Waals surface area contributed by atoms with Gasteiger partial charge >= 0.3 is 0 Å². The number of carbonyl (C=O) groups is 1. The van der Waals surface area contributed by atoms with Crippen LogP contribution in [0.3, 0.4) is 0 Å². The highest BCUT2D eigenvalue weighted by Gasteiger charge is 2.39. The maximum absolute atomic E-state index is 12.9. The Bertz CT molecular complexity index is 931. The summed E-state index contributed by atoms with van der Waals surface area (Å²) in [5.41, 5.74) is 0. The quantitative estimate of drug-likeness (QED) is 0.500. The highest BCUT2D eigenvalue weighted by molar-refractivity contribution is 8.01. The van der Waals surface area contributed by atoms with Crippen molar-refractivity contribution in [2.24, 2.45) is 5.92 Å². The molecule has 0 radical (unpaired) electrons. The number of sulfonamides is 1. The summed E-state index contributed by atoms with van der Waals surface area (Å²) in [7, 11) is -3.78. The predicted octanol–water partition coefficient (Wildman–Crippen LogP) is 3.73. The number of halogens is 1. The zero-order chi connectivity index (χ0) is 20.3. The normalized spacial score (nSPS) is 17.9. The van der Waals surface area contributed by atoms with Crippen LogP contribution in [0.25, 0.3) is 0 Å². The van der Waals surface area contributed by atoms with Crippen molar-refractivity contribution in [2.75, 3.05) is 17.6 Å². The maximum Gasteiger partial charge on any atom is 0.244 e. The number of nitrogens with one attached hydrogen (secondary N) is 1. The van der Waals surface area contributed by atoms with Crippen molar-refractivity contribution < 1.29 is 13.2 Å². The fourth-order valence-electron chi connectivity index (χ4n) is 2.78. The molecule has 1 atom stereocenters. The second kappa shape index (κ2) is 9.08. The largest absolute Gasteiger partial charge is 0.299 e. The third kappa shape index (κ3) is 5.04. The van der Waals surface area contributed by atoms with Crippen LogP contribution in [0, 0.1) is 5.92 Å². The molecular formula is C17H21ClN4O3S3. The Morgan fingerprint density at radius 3 is 2.75 bits per heavy atom. The number of benzene rings is 1. The van der Waals surface area contributed by atoms with E-state index < -0.39 is 16.1 Å². The second-order valence-electron chi connectivity index (χ2n) is 6.79. The van der Waals surface area contributed by atoms with Crippen LogP contribution in [0.15, 0.2) is 33.5 Å². The second-order valence-corrected chi connectivity index (χ2v) is 11.4. The summed E-state index contributed by atoms with van der Waals surface area (Å²) in [6.45, 7) is 4.54. The first-order valence-corrected chi connectivity index (χ1v) is 12.4. The molecule has 2 aromatic rings. The Labute approximate surface area is 177 Å². The topological polar surface area (TPSA) is 92.3 Å². The number of aromatic nitrogens is 2. The lowest BCUT2D eigenvalue weighted by atomic mass is 10.2. The molecule has 0 aliphatic carbocycles. The van der Waals surface area contributed by atoms with Gasteiger partial charge in [-0.05, 0) is 43.0 Å². The fraction of sp³-hybridized carbons (Fsp3) is 0.471. The molecule has 0 bridgehead atoms. The molecule has 28 heavy (non-hydrogen) atoms. The lowest BCUT2D eigenvalue weighted by Crippen LogP contribution is -2.43. The van der Waals surface area contributed by atoms with Gasteiger partial charge in [-0.1, -0.05) is 48.5 Å². The Morgan fingerprint density at radius 1 is 1.36 bits per heavy atom. The van der Waals surface area contributed by atoms with Gasteiger partial charge in [0.25, 0.3) is 0 Å². The van der Waals surface area contributed by atoms with E-state index in [4.69, 9.17) is 11.6 Å². The number of amides is 1. The van der Waals surface area contributed by atoms with Crippen LogP contribution in [0.4, 0.5) is 5.13 Å². The number of carbonyl (C=O) groups excluding carboxylic acids is 1. The van der Waals surface area contributed by atoms with E-state index in [0.29, 0.717) is 35.5 Å². The molecule has 1 saturated heterocycles. The standard InChI is InChI=1S/C17H21ClN4O3S3/c1-11(2)10-26-17-21-20-16(27-17)19-15(23)14-4-3-9-22(14)28(24,25)13-7-5-12(18)6-8-13/h5-8,11,14H,3-4,9-10H2,1-2H3,(H,19,20,23). The monoisotopic (exact) mass is 460 g/mol. The minimum atomic E-state index is -3.78. The first-order valence-electron chi connectivity index (χ1n) is 8.82. The van der Waals surface area contributed by atoms with Gasteiger partial charge < -0.3 is 0 Å². The Balaban J connectivity index is 1.70. The first kappa shape index (κ1) is 21.5. The van der Waals surface area contributed by atoms with Crippen LogP contribution in [0.1, 0.15) is 26.7 Å². The predicted molar refractivity (Wildman–Crippen MR) is 112 cm³/mol. The smallest absolute Gasteiger partial charge is 0.244 e. The van der Waals surface area contributed by atoms with Crippen LogP contribution in [-0.2, 0) is 14.8 Å². The van der Waals surface area contributed by atoms with E-state index in [0.717, 1.165) is 10.1 Å². The Kier molecular flexibility index (Phi) is 6.98. The molecule has 11 heteroatoms. The summed E-state index contributed by atoms with van der Waals surface area (Å²) in [5, 5.41) is 11.6. The van der Waals surface area contributed by atoms with E-state index >= 15 is 0 Å². The first-order chi connectivity index (χ1) is 13.3. The van der Waals surface area contributed by atoms with Crippen LogP contribution in [0.5, 0.6) is 0 Å². The maximum atomic E-state index is 12.9. The zero-order valence-corrected chi connectivity index (χ0v) is 18.7. The summed E-state index contributed by atoms with van der Waals surface area (Å²) in [6, 6.07) is 5.19. The molecule has 1 aromatic carbocycles. The SMILES string of the molecule is CC(C)CSc1nnc(NC(=O)C2CCCN2S(=O)(=O)c2ccc(Cl)cc2)s1. The summed E-state index contributed by atoms with van der Waals surface area (Å²) in [6.07, 6.45) is 1.09. The molecule has 1 N–H and O–H groups in total. The highest BCUT2D eigenvalue weighted by Crippen LogP contribution is 2.30. The zero-order valence-electron chi connectivity index (χ0n) is 15.5. The molecule has 0 saturated carbocycles. The van der Waals surface area contributed by atoms with Crippen molar-refractivity contribution in [2.45, 2.75) is 42.0 Å². The van der Waals surface area contributed by atoms with Crippen molar-refractivity contribution in [3.8, 4) is 0 Å². The summed E-state index contributed by atoms with van der Waals surface area (Å²) in [4.78, 5) is 12.9. The molecular weight excluding hydrogens is 440 g/mol. The minimum Gasteiger partial charge on any atom is -0.299 e. The van der Waals surface area contributed by atoms with Crippen molar-refractivity contribution >= 4 is 55.8 Å². The third-order valence-corrected chi connectivity index (χ3v) is 8.68. The molecule has 0 spiro atoms. The van der Waals surface area contributed by atoms with Gasteiger partial charge in [-0.2, -0.15) is 4.31 Å². The average Bonchev–Trinajstić information content (AvgIpc) is 3.30. The number of hydrogen-bond acceptors (Lipinski definition) is 7. The van der Waals surface area contributed by atoms with Crippen LogP contribution < -0.4 is 5.32 Å². The molecule has 2 heterocycles. The van der Waals surface area contributed by atoms with Gasteiger partial charge in [0, 0.05) is 17.3 Å². The van der Waals surface area contributed by atoms with E-state index in [9.17, 15) is 13.2 Å². The van der Waals surface area contributed by atoms with E-state index in [2.05, 4.69) is 29.4 Å². The summed E-state index contributed by atoms with van der Waals surface area (Å²) in [5.74, 6) is 1.06. The van der Waals surface area contributed by atoms with E-state index in [1.165, 1.54) is 39.9 Å². The molecule has 1 aliphatic heterocycles. The summed E-state index contributed by atoms with van der Waals surface area (Å²) >= 11 is 8.73. The van der Waals surface area contributed by atoms with Crippen LogP contribution in [-0.4, -0.2) is 47.2 Å². The lowest BCUT2D eigenvalue weighted by Gasteiger charge is -2.23. The molecule has 7 nitrogen and oxygen atoms in total. The molecule has 1 aliphatic rings. The molecule has 152 valence electrons. The number of rotatable bonds is 7. The Hall–Kier alpha value is -1.20. The van der Waals surface area contributed by atoms with Crippen molar-refractivity contribution in [3.05, 3.63) is 29.3 Å². The number of nitrogens with zero attached hydrogens (tertiary/aromatic N) is 3. The number of anilines is 1. The third-order valence-electron chi connectivity index (χ3n) is 4.10. The average molecular weight is 461 g/mol. The molecule has 1 fully saturated rings. The molecule has 1 unspecified atom stereocenters. The fourth-order valence-corrected chi connectivity index (χ4v) is 6.29. The van der Waals surface area contributed by atoms with E-state index in [1.807, 2.05) is 0 Å². The van der Waals surface area contributed by atoms with Crippen molar-refractivity contribution in [3.63, 3.8) is 0 Å². The minimum absolute atomic E-state index is 0.125. The Morgan fingerprint density at radius 2 is 2.07 bits per heavy atom. The van der Waals surface area contributed by atoms with Crippen molar-refractivity contribution in [1.29, 1.82) is 0 Å². The van der Waals surface area contributed by atoms with Gasteiger partial charge in [-0.3, -0.25) is 10.1 Å². The van der Waals surface area contributed by atoms with Gasteiger partial charge in [0.2, 0.25) is 21.1 Å². The van der Waals surface area contributed by atoms with Gasteiger partial charge in [-0.15, -0.1) is 10.2 Å². The van der Waals surface area contributed by atoms with Gasteiger partial charge in [0.05, 0.1) is 4.90 Å². The van der Waals surface area contributed by atoms with Crippen LogP contribution >= 0.6 is 34.7 Å². The van der Waals surface area contributed by atoms with Gasteiger partial charge in [-0.25, -0.2) is 8.42 Å². The lowest BCUT2D eigenvalue weighted by molar-refractivity contribution is -0.119.